The van der Waals surface area contributed by atoms with Gasteiger partial charge >= 0.3 is 0 Å². The molecule has 1 heteroatoms. The van der Waals surface area contributed by atoms with Gasteiger partial charge in [-0.3, -0.25) is 0 Å². The minimum absolute atomic E-state index is 0.209. The van der Waals surface area contributed by atoms with E-state index in [0.717, 1.165) is 25.7 Å². The Labute approximate surface area is 88.5 Å². The molecule has 0 amide bonds. The summed E-state index contributed by atoms with van der Waals surface area (Å²) in [7, 11) is 0. The molecule has 0 bridgehead atoms. The quantitative estimate of drug-likeness (QED) is 0.640. The molecule has 0 saturated heterocycles. The van der Waals surface area contributed by atoms with Gasteiger partial charge in [-0.1, -0.05) is 33.8 Å². The van der Waals surface area contributed by atoms with E-state index < -0.39 is 0 Å². The zero-order valence-corrected chi connectivity index (χ0v) is 10.1. The molecule has 0 fully saturated rings. The summed E-state index contributed by atoms with van der Waals surface area (Å²) < 4.78 is 0. The third kappa shape index (κ3) is 3.67. The smallest absolute Gasteiger partial charge is 0.0647 e. The van der Waals surface area contributed by atoms with Crippen molar-refractivity contribution in [1.82, 2.24) is 0 Å². The zero-order valence-electron chi connectivity index (χ0n) is 10.1. The van der Waals surface area contributed by atoms with Gasteiger partial charge in [0.2, 0.25) is 0 Å². The number of aliphatic hydroxyl groups excluding tert-OH is 1. The molecular formula is C13H24O. The number of hydrogen-bond donors (Lipinski definition) is 1. The summed E-state index contributed by atoms with van der Waals surface area (Å²) in [5, 5.41) is 9.26. The van der Waals surface area contributed by atoms with Crippen molar-refractivity contribution >= 4 is 0 Å². The van der Waals surface area contributed by atoms with E-state index in [1.165, 1.54) is 16.7 Å². The van der Waals surface area contributed by atoms with E-state index in [1.54, 1.807) is 0 Å². The average Bonchev–Trinajstić information content (AvgIpc) is 2.23. The topological polar surface area (TPSA) is 20.2 Å². The van der Waals surface area contributed by atoms with Gasteiger partial charge in [0, 0.05) is 0 Å². The fraction of sp³-hybridized carbons (Fsp3) is 0.692. The molecule has 0 atom stereocenters. The lowest BCUT2D eigenvalue weighted by molar-refractivity contribution is 0.326. The predicted molar refractivity (Wildman–Crippen MR) is 63.4 cm³/mol. The third-order valence-corrected chi connectivity index (χ3v) is 2.62. The molecule has 1 nitrogen and oxygen atoms in total. The highest BCUT2D eigenvalue weighted by atomic mass is 16.3. The maximum absolute atomic E-state index is 9.26. The molecule has 0 heterocycles. The summed E-state index contributed by atoms with van der Waals surface area (Å²) in [5.41, 5.74) is 3.99. The van der Waals surface area contributed by atoms with Crippen molar-refractivity contribution < 1.29 is 5.11 Å². The van der Waals surface area contributed by atoms with Gasteiger partial charge in [-0.15, -0.1) is 0 Å². The number of rotatable bonds is 6. The van der Waals surface area contributed by atoms with Crippen LogP contribution in [0.25, 0.3) is 0 Å². The van der Waals surface area contributed by atoms with Crippen LogP contribution in [-0.4, -0.2) is 11.7 Å². The Morgan fingerprint density at radius 1 is 1.00 bits per heavy atom. The predicted octanol–water partition coefficient (Wildman–Crippen LogP) is 3.84. The molecule has 0 aromatic heterocycles. The lowest BCUT2D eigenvalue weighted by Crippen LogP contribution is -1.98. The van der Waals surface area contributed by atoms with E-state index in [0.29, 0.717) is 0 Å². The lowest BCUT2D eigenvalue weighted by Gasteiger charge is -2.13. The second-order valence-corrected chi connectivity index (χ2v) is 3.44. The summed E-state index contributed by atoms with van der Waals surface area (Å²) in [6.45, 7) is 8.83. The van der Waals surface area contributed by atoms with Crippen LogP contribution in [0.1, 0.15) is 53.4 Å². The zero-order chi connectivity index (χ0) is 11.0. The van der Waals surface area contributed by atoms with Crippen molar-refractivity contribution in [1.29, 1.82) is 0 Å². The maximum Gasteiger partial charge on any atom is 0.0647 e. The first-order chi connectivity index (χ1) is 6.74. The normalized spacial score (nSPS) is 14.2. The molecule has 0 aromatic rings. The lowest BCUT2D eigenvalue weighted by atomic mass is 9.94. The summed E-state index contributed by atoms with van der Waals surface area (Å²) in [4.78, 5) is 0. The molecule has 82 valence electrons. The van der Waals surface area contributed by atoms with Gasteiger partial charge in [0.1, 0.15) is 0 Å². The Kier molecular flexibility index (Phi) is 7.50. The Hall–Kier alpha value is -0.560. The van der Waals surface area contributed by atoms with Gasteiger partial charge in [-0.2, -0.15) is 0 Å². The second-order valence-electron chi connectivity index (χ2n) is 3.44. The number of allylic oxidation sites excluding steroid dienone is 3. The maximum atomic E-state index is 9.26. The standard InChI is InChI=1S/C13H24O/c1-5-9-11(6-2)13(8-4)12(7-3)10-14/h9,14H,5-8,10H2,1-4H3/b11-9-,13-12+. The van der Waals surface area contributed by atoms with Crippen LogP contribution in [0.15, 0.2) is 22.8 Å². The van der Waals surface area contributed by atoms with Gasteiger partial charge < -0.3 is 5.11 Å². The molecule has 0 aliphatic rings. The number of hydrogen-bond acceptors (Lipinski definition) is 1. The molecule has 14 heavy (non-hydrogen) atoms. The van der Waals surface area contributed by atoms with E-state index in [9.17, 15) is 5.11 Å². The van der Waals surface area contributed by atoms with Crippen LogP contribution in [-0.2, 0) is 0 Å². The van der Waals surface area contributed by atoms with Crippen LogP contribution >= 0.6 is 0 Å². The van der Waals surface area contributed by atoms with Crippen LogP contribution in [0.2, 0.25) is 0 Å². The van der Waals surface area contributed by atoms with Crippen LogP contribution in [0.5, 0.6) is 0 Å². The van der Waals surface area contributed by atoms with Crippen molar-refractivity contribution in [3.05, 3.63) is 22.8 Å². The van der Waals surface area contributed by atoms with Crippen molar-refractivity contribution in [3.63, 3.8) is 0 Å². The second kappa shape index (κ2) is 7.81. The van der Waals surface area contributed by atoms with Crippen molar-refractivity contribution in [2.24, 2.45) is 0 Å². The van der Waals surface area contributed by atoms with Crippen molar-refractivity contribution in [2.75, 3.05) is 6.61 Å². The Balaban J connectivity index is 5.00. The van der Waals surface area contributed by atoms with E-state index in [4.69, 9.17) is 0 Å². The largest absolute Gasteiger partial charge is 0.392 e. The highest BCUT2D eigenvalue weighted by Gasteiger charge is 2.06. The summed E-state index contributed by atoms with van der Waals surface area (Å²) in [5.74, 6) is 0. The average molecular weight is 196 g/mol. The minimum Gasteiger partial charge on any atom is -0.392 e. The molecule has 0 unspecified atom stereocenters. The van der Waals surface area contributed by atoms with E-state index in [1.807, 2.05) is 0 Å². The first kappa shape index (κ1) is 13.4. The van der Waals surface area contributed by atoms with Gasteiger partial charge in [0.15, 0.2) is 0 Å². The van der Waals surface area contributed by atoms with Crippen LogP contribution in [0.3, 0.4) is 0 Å². The first-order valence-corrected chi connectivity index (χ1v) is 5.76. The van der Waals surface area contributed by atoms with Gasteiger partial charge in [-0.05, 0) is 42.4 Å². The fourth-order valence-corrected chi connectivity index (χ4v) is 1.85. The molecule has 0 aliphatic heterocycles. The van der Waals surface area contributed by atoms with Crippen LogP contribution in [0.4, 0.5) is 0 Å². The number of aliphatic hydroxyl groups is 1. The monoisotopic (exact) mass is 196 g/mol. The van der Waals surface area contributed by atoms with Gasteiger partial charge in [-0.25, -0.2) is 0 Å². The molecule has 0 saturated carbocycles. The van der Waals surface area contributed by atoms with Gasteiger partial charge in [0.05, 0.1) is 6.61 Å². The van der Waals surface area contributed by atoms with Crippen LogP contribution in [0, 0.1) is 0 Å². The molecule has 0 radical (unpaired) electrons. The minimum atomic E-state index is 0.209. The Morgan fingerprint density at radius 2 is 1.64 bits per heavy atom. The van der Waals surface area contributed by atoms with Crippen molar-refractivity contribution in [3.8, 4) is 0 Å². The summed E-state index contributed by atoms with van der Waals surface area (Å²) in [6, 6.07) is 0. The van der Waals surface area contributed by atoms with E-state index >= 15 is 0 Å². The molecule has 0 aliphatic carbocycles. The highest BCUT2D eigenvalue weighted by molar-refractivity contribution is 5.35. The Morgan fingerprint density at radius 3 is 1.93 bits per heavy atom. The fourth-order valence-electron chi connectivity index (χ4n) is 1.85. The third-order valence-electron chi connectivity index (χ3n) is 2.62. The van der Waals surface area contributed by atoms with Crippen molar-refractivity contribution in [2.45, 2.75) is 53.4 Å². The van der Waals surface area contributed by atoms with E-state index in [-0.39, 0.29) is 6.61 Å². The van der Waals surface area contributed by atoms with Gasteiger partial charge in [0.25, 0.3) is 0 Å². The SMILES string of the molecule is CC/C=C(CC)\C(CC)=C(/CC)CO. The summed E-state index contributed by atoms with van der Waals surface area (Å²) >= 11 is 0. The van der Waals surface area contributed by atoms with Crippen LogP contribution < -0.4 is 0 Å². The first-order valence-electron chi connectivity index (χ1n) is 5.76. The summed E-state index contributed by atoms with van der Waals surface area (Å²) in [6.07, 6.45) is 6.42. The molecule has 0 spiro atoms. The molecular weight excluding hydrogens is 172 g/mol. The highest BCUT2D eigenvalue weighted by Crippen LogP contribution is 2.23. The van der Waals surface area contributed by atoms with E-state index in [2.05, 4.69) is 33.8 Å². The molecule has 1 N–H and O–H groups in total. The molecule has 0 aromatic carbocycles. The Bertz CT molecular complexity index is 205. The molecule has 0 rings (SSSR count).